The smallest absolute Gasteiger partial charge is 0.308 e. The highest BCUT2D eigenvalue weighted by Gasteiger charge is 2.15. The molecule has 0 rings (SSSR count). The maximum absolute atomic E-state index is 11.6. The van der Waals surface area contributed by atoms with Gasteiger partial charge in [-0.05, 0) is 26.3 Å². The summed E-state index contributed by atoms with van der Waals surface area (Å²) in [6, 6.07) is 0. The van der Waals surface area contributed by atoms with E-state index in [0.717, 1.165) is 0 Å². The summed E-state index contributed by atoms with van der Waals surface area (Å²) >= 11 is 0. The van der Waals surface area contributed by atoms with Crippen LogP contribution in [0.4, 0.5) is 0 Å². The van der Waals surface area contributed by atoms with Crippen LogP contribution < -0.4 is 0 Å². The van der Waals surface area contributed by atoms with Gasteiger partial charge in [0.2, 0.25) is 0 Å². The van der Waals surface area contributed by atoms with Crippen molar-refractivity contribution in [2.24, 2.45) is 5.11 Å². The van der Waals surface area contributed by atoms with Gasteiger partial charge in [0.15, 0.2) is 0 Å². The number of carbonyl (C=O) groups excluding carboxylic acids is 1. The van der Waals surface area contributed by atoms with Crippen LogP contribution in [0, 0.1) is 0 Å². The molecule has 0 fully saturated rings. The highest BCUT2D eigenvalue weighted by atomic mass is 16.6. The van der Waals surface area contributed by atoms with E-state index < -0.39 is 5.60 Å². The third kappa shape index (κ3) is 42.3. The van der Waals surface area contributed by atoms with Crippen LogP contribution in [0.3, 0.4) is 0 Å². The SMILES string of the molecule is CC(C)(C)OC(=O)CCOCCOCCOCCOCCOCCOCCOCCOCCOCCOCCOCCOCCN=[N+]=[N-]. The van der Waals surface area contributed by atoms with Crippen LogP contribution in [0.15, 0.2) is 5.11 Å². The van der Waals surface area contributed by atoms with E-state index in [0.29, 0.717) is 165 Å². The minimum atomic E-state index is -0.477. The minimum Gasteiger partial charge on any atom is -0.460 e. The summed E-state index contributed by atoms with van der Waals surface area (Å²) in [6.07, 6.45) is 0.228. The Morgan fingerprint density at radius 1 is 0.438 bits per heavy atom. The predicted octanol–water partition coefficient (Wildman–Crippen LogP) is 2.23. The fraction of sp³-hybridized carbons (Fsp3) is 0.968. The molecule has 17 heteroatoms. The van der Waals surface area contributed by atoms with E-state index in [1.54, 1.807) is 0 Å². The van der Waals surface area contributed by atoms with Gasteiger partial charge in [0.05, 0.1) is 165 Å². The molecule has 0 radical (unpaired) electrons. The van der Waals surface area contributed by atoms with Crippen molar-refractivity contribution in [3.05, 3.63) is 10.4 Å². The zero-order chi connectivity index (χ0) is 35.1. The molecule has 0 aliphatic carbocycles. The second-order valence-electron chi connectivity index (χ2n) is 10.6. The van der Waals surface area contributed by atoms with Crippen LogP contribution in [-0.2, 0) is 66.4 Å². The molecule has 0 aliphatic rings. The lowest BCUT2D eigenvalue weighted by Gasteiger charge is -2.19. The highest BCUT2D eigenvalue weighted by Crippen LogP contribution is 2.08. The Hall–Kier alpha value is -1.70. The molecular weight excluding hydrogens is 638 g/mol. The van der Waals surface area contributed by atoms with Gasteiger partial charge < -0.3 is 61.6 Å². The molecule has 0 atom stereocenters. The topological polar surface area (TPSA) is 186 Å². The highest BCUT2D eigenvalue weighted by molar-refractivity contribution is 5.69. The van der Waals surface area contributed by atoms with E-state index in [1.807, 2.05) is 20.8 Å². The largest absolute Gasteiger partial charge is 0.460 e. The van der Waals surface area contributed by atoms with E-state index in [2.05, 4.69) is 10.0 Å². The lowest BCUT2D eigenvalue weighted by atomic mass is 10.2. The Bertz CT molecular complexity index is 727. The summed E-state index contributed by atoms with van der Waals surface area (Å²) in [5.41, 5.74) is 7.66. The van der Waals surface area contributed by atoms with Crippen LogP contribution in [0.1, 0.15) is 27.2 Å². The number of ether oxygens (including phenoxy) is 13. The number of nitrogens with zero attached hydrogens (tertiary/aromatic N) is 3. The van der Waals surface area contributed by atoms with Crippen LogP contribution >= 0.6 is 0 Å². The summed E-state index contributed by atoms with van der Waals surface area (Å²) < 4.78 is 70.2. The molecule has 0 unspecified atom stereocenters. The van der Waals surface area contributed by atoms with Crippen molar-refractivity contribution in [1.29, 1.82) is 0 Å². The Morgan fingerprint density at radius 3 is 0.896 bits per heavy atom. The Labute approximate surface area is 285 Å². The third-order valence-corrected chi connectivity index (χ3v) is 5.36. The van der Waals surface area contributed by atoms with Crippen molar-refractivity contribution in [2.45, 2.75) is 32.8 Å². The Kier molecular flexibility index (Phi) is 36.8. The van der Waals surface area contributed by atoms with E-state index in [-0.39, 0.29) is 12.4 Å². The van der Waals surface area contributed by atoms with Gasteiger partial charge in [0.25, 0.3) is 0 Å². The van der Waals surface area contributed by atoms with Crippen LogP contribution in [0.5, 0.6) is 0 Å². The molecule has 0 bridgehead atoms. The van der Waals surface area contributed by atoms with Gasteiger partial charge in [0, 0.05) is 11.5 Å². The van der Waals surface area contributed by atoms with E-state index in [4.69, 9.17) is 67.1 Å². The second-order valence-corrected chi connectivity index (χ2v) is 10.6. The lowest BCUT2D eigenvalue weighted by molar-refractivity contribution is -0.156. The number of hydrogen-bond acceptors (Lipinski definition) is 15. The minimum absolute atomic E-state index is 0.228. The molecule has 0 N–H and O–H groups in total. The maximum atomic E-state index is 11.6. The average Bonchev–Trinajstić information content (AvgIpc) is 3.05. The molecule has 0 spiro atoms. The van der Waals surface area contributed by atoms with Crippen molar-refractivity contribution in [1.82, 2.24) is 0 Å². The van der Waals surface area contributed by atoms with Crippen molar-refractivity contribution >= 4 is 5.97 Å². The maximum Gasteiger partial charge on any atom is 0.308 e. The molecule has 48 heavy (non-hydrogen) atoms. The molecule has 0 saturated heterocycles. The zero-order valence-corrected chi connectivity index (χ0v) is 29.4. The third-order valence-electron chi connectivity index (χ3n) is 5.36. The number of esters is 1. The lowest BCUT2D eigenvalue weighted by Crippen LogP contribution is -2.24. The van der Waals surface area contributed by atoms with Gasteiger partial charge in [0.1, 0.15) is 5.60 Å². The molecule has 17 nitrogen and oxygen atoms in total. The first kappa shape index (κ1) is 46.3. The Balaban J connectivity index is 3.10. The molecule has 0 aromatic heterocycles. The summed E-state index contributed by atoms with van der Waals surface area (Å²) in [5, 5.41) is 3.37. The normalized spacial score (nSPS) is 11.6. The summed E-state index contributed by atoms with van der Waals surface area (Å²) in [4.78, 5) is 14.2. The van der Waals surface area contributed by atoms with Crippen LogP contribution in [-0.4, -0.2) is 177 Å². The van der Waals surface area contributed by atoms with Gasteiger partial charge in [-0.1, -0.05) is 5.11 Å². The number of carbonyl (C=O) groups is 1. The standard InChI is InChI=1S/C31H61N3O14/c1-31(2,3)48-30(35)4-6-36-8-10-38-12-14-40-16-18-42-20-22-44-24-26-46-28-29-47-27-25-45-23-21-43-19-17-41-15-13-39-11-9-37-7-5-33-34-32/h4-29H2,1-3H3. The molecular formula is C31H61N3O14. The van der Waals surface area contributed by atoms with Crippen molar-refractivity contribution in [3.8, 4) is 0 Å². The van der Waals surface area contributed by atoms with Crippen molar-refractivity contribution < 1.29 is 66.4 Å². The molecule has 0 amide bonds. The van der Waals surface area contributed by atoms with E-state index >= 15 is 0 Å². The number of hydrogen-bond donors (Lipinski definition) is 0. The van der Waals surface area contributed by atoms with Gasteiger partial charge in [-0.3, -0.25) is 4.79 Å². The zero-order valence-electron chi connectivity index (χ0n) is 29.4. The van der Waals surface area contributed by atoms with Crippen LogP contribution in [0.2, 0.25) is 0 Å². The van der Waals surface area contributed by atoms with Crippen molar-refractivity contribution in [3.63, 3.8) is 0 Å². The van der Waals surface area contributed by atoms with Gasteiger partial charge >= 0.3 is 5.97 Å². The fourth-order valence-electron chi connectivity index (χ4n) is 3.22. The monoisotopic (exact) mass is 699 g/mol. The van der Waals surface area contributed by atoms with E-state index in [1.165, 1.54) is 0 Å². The molecule has 0 aromatic carbocycles. The van der Waals surface area contributed by atoms with Gasteiger partial charge in [-0.2, -0.15) is 0 Å². The predicted molar refractivity (Wildman–Crippen MR) is 174 cm³/mol. The first-order valence-corrected chi connectivity index (χ1v) is 16.6. The van der Waals surface area contributed by atoms with Crippen molar-refractivity contribution in [2.75, 3.05) is 165 Å². The number of rotatable bonds is 39. The molecule has 284 valence electrons. The fourth-order valence-corrected chi connectivity index (χ4v) is 3.22. The molecule has 0 aliphatic heterocycles. The van der Waals surface area contributed by atoms with E-state index in [9.17, 15) is 4.79 Å². The van der Waals surface area contributed by atoms with Gasteiger partial charge in [-0.25, -0.2) is 0 Å². The molecule has 0 heterocycles. The summed E-state index contributed by atoms with van der Waals surface area (Å²) in [6.45, 7) is 17.0. The molecule has 0 saturated carbocycles. The molecule has 0 aromatic rings. The van der Waals surface area contributed by atoms with Gasteiger partial charge in [-0.15, -0.1) is 0 Å². The first-order chi connectivity index (χ1) is 23.5. The number of azide groups is 1. The quantitative estimate of drug-likeness (QED) is 0.0299. The Morgan fingerprint density at radius 2 is 0.667 bits per heavy atom. The average molecular weight is 700 g/mol. The summed E-state index contributed by atoms with van der Waals surface area (Å²) in [7, 11) is 0. The first-order valence-electron chi connectivity index (χ1n) is 16.6. The van der Waals surface area contributed by atoms with Crippen LogP contribution in [0.25, 0.3) is 10.4 Å². The summed E-state index contributed by atoms with van der Waals surface area (Å²) in [5.74, 6) is -0.268. The second kappa shape index (κ2) is 38.1.